The lowest BCUT2D eigenvalue weighted by Gasteiger charge is -2.26. The molecule has 1 aliphatic heterocycles. The summed E-state index contributed by atoms with van der Waals surface area (Å²) in [6.07, 6.45) is 1.54. The third-order valence-corrected chi connectivity index (χ3v) is 9.21. The number of carbonyl (C=O) groups excluding carboxylic acids is 1. The van der Waals surface area contributed by atoms with E-state index in [1.54, 1.807) is 47.6 Å². The van der Waals surface area contributed by atoms with Gasteiger partial charge in [0.15, 0.2) is 17.3 Å². The fourth-order valence-corrected chi connectivity index (χ4v) is 6.28. The van der Waals surface area contributed by atoms with Crippen LogP contribution < -0.4 is 10.0 Å². The lowest BCUT2D eigenvalue weighted by Crippen LogP contribution is -2.40. The zero-order chi connectivity index (χ0) is 31.8. The van der Waals surface area contributed by atoms with Gasteiger partial charge in [0.1, 0.15) is 5.52 Å². The third kappa shape index (κ3) is 6.38. The van der Waals surface area contributed by atoms with E-state index in [4.69, 9.17) is 9.72 Å². The fourth-order valence-electron chi connectivity index (χ4n) is 5.15. The molecule has 0 atom stereocenters. The molecule has 5 aromatic rings. The normalized spacial score (nSPS) is 14.0. The molecular formula is C33H35N7O4S. The van der Waals surface area contributed by atoms with Gasteiger partial charge in [-0.3, -0.25) is 9.52 Å². The number of nitrogens with zero attached hydrogens (tertiary/aromatic N) is 4. The minimum absolute atomic E-state index is 0.0296. The number of carbonyl (C=O) groups is 1. The van der Waals surface area contributed by atoms with Crippen LogP contribution in [0.5, 0.6) is 0 Å². The predicted octanol–water partition coefficient (Wildman–Crippen LogP) is 5.64. The average molecular weight is 626 g/mol. The van der Waals surface area contributed by atoms with Gasteiger partial charge < -0.3 is 19.9 Å². The van der Waals surface area contributed by atoms with Crippen molar-refractivity contribution in [1.29, 1.82) is 0 Å². The first-order chi connectivity index (χ1) is 21.5. The van der Waals surface area contributed by atoms with Gasteiger partial charge in [-0.05, 0) is 65.9 Å². The van der Waals surface area contributed by atoms with Gasteiger partial charge >= 0.3 is 0 Å². The lowest BCUT2D eigenvalue weighted by molar-refractivity contribution is 0.0303. The number of nitrogens with one attached hydrogen (secondary N) is 3. The van der Waals surface area contributed by atoms with Crippen LogP contribution in [0.4, 0.5) is 17.2 Å². The number of hydrogen-bond acceptors (Lipinski definition) is 8. The molecule has 1 aliphatic rings. The zero-order valence-electron chi connectivity index (χ0n) is 25.6. The van der Waals surface area contributed by atoms with Crippen molar-refractivity contribution in [3.05, 3.63) is 89.7 Å². The summed E-state index contributed by atoms with van der Waals surface area (Å²) < 4.78 is 34.7. The number of hydrogen-bond donors (Lipinski definition) is 3. The summed E-state index contributed by atoms with van der Waals surface area (Å²) in [5, 5.41) is 3.32. The monoisotopic (exact) mass is 625 g/mol. The third-order valence-electron chi connectivity index (χ3n) is 7.83. The highest BCUT2D eigenvalue weighted by molar-refractivity contribution is 7.92. The van der Waals surface area contributed by atoms with Crippen LogP contribution in [0, 0.1) is 6.92 Å². The van der Waals surface area contributed by atoms with Crippen molar-refractivity contribution in [2.24, 2.45) is 0 Å². The first kappa shape index (κ1) is 30.2. The van der Waals surface area contributed by atoms with Crippen molar-refractivity contribution in [3.63, 3.8) is 0 Å². The number of anilines is 3. The summed E-state index contributed by atoms with van der Waals surface area (Å²) in [4.78, 5) is 31.7. The van der Waals surface area contributed by atoms with E-state index in [1.165, 1.54) is 0 Å². The van der Waals surface area contributed by atoms with E-state index in [1.807, 2.05) is 37.3 Å². The van der Waals surface area contributed by atoms with Crippen molar-refractivity contribution < 1.29 is 17.9 Å². The Hall–Kier alpha value is -4.81. The minimum Gasteiger partial charge on any atom is -0.378 e. The molecule has 0 radical (unpaired) electrons. The van der Waals surface area contributed by atoms with Crippen LogP contribution in [0.15, 0.2) is 78.0 Å². The molecule has 11 nitrogen and oxygen atoms in total. The van der Waals surface area contributed by atoms with Crippen molar-refractivity contribution in [1.82, 2.24) is 24.8 Å². The maximum atomic E-state index is 13.3. The molecule has 3 heterocycles. The van der Waals surface area contributed by atoms with Gasteiger partial charge in [-0.1, -0.05) is 45.0 Å². The van der Waals surface area contributed by atoms with Crippen LogP contribution in [0.1, 0.15) is 42.3 Å². The smallest absolute Gasteiger partial charge is 0.261 e. The Bertz CT molecular complexity index is 1960. The van der Waals surface area contributed by atoms with Crippen LogP contribution in [-0.4, -0.2) is 65.5 Å². The first-order valence-electron chi connectivity index (χ1n) is 14.7. The number of aromatic amines is 1. The van der Waals surface area contributed by atoms with E-state index in [0.29, 0.717) is 71.5 Å². The van der Waals surface area contributed by atoms with Crippen LogP contribution in [0.3, 0.4) is 0 Å². The van der Waals surface area contributed by atoms with Crippen molar-refractivity contribution in [2.45, 2.75) is 38.0 Å². The summed E-state index contributed by atoms with van der Waals surface area (Å²) in [5.74, 6) is 0.839. The van der Waals surface area contributed by atoms with Crippen molar-refractivity contribution in [2.75, 3.05) is 36.3 Å². The Labute approximate surface area is 262 Å². The second kappa shape index (κ2) is 11.9. The molecule has 232 valence electrons. The quantitative estimate of drug-likeness (QED) is 0.211. The Morgan fingerprint density at radius 2 is 1.67 bits per heavy atom. The van der Waals surface area contributed by atoms with Gasteiger partial charge in [-0.15, -0.1) is 0 Å². The van der Waals surface area contributed by atoms with Crippen molar-refractivity contribution >= 4 is 44.3 Å². The summed E-state index contributed by atoms with van der Waals surface area (Å²) >= 11 is 0. The van der Waals surface area contributed by atoms with Crippen LogP contribution in [-0.2, 0) is 20.2 Å². The van der Waals surface area contributed by atoms with E-state index < -0.39 is 10.0 Å². The number of H-pyrrole nitrogens is 1. The number of sulfonamides is 1. The highest BCUT2D eigenvalue weighted by Gasteiger charge is 2.21. The molecule has 3 N–H and O–H groups in total. The second-order valence-electron chi connectivity index (χ2n) is 12.0. The standard InChI is InChI=1S/C33H35N7O4S/c1-21-26(6-5-7-27(21)39-45(42,43)25-14-10-23(11-15-25)33(2,3)4)29-37-30-28(34-20-35-30)31(38-29)36-24-12-8-22(9-13-24)32(41)40-16-18-44-19-17-40/h5-15,20,39H,16-19H2,1-4H3,(H2,34,35,36,37,38). The van der Waals surface area contributed by atoms with Gasteiger partial charge in [0.25, 0.3) is 15.9 Å². The molecule has 1 fully saturated rings. The molecule has 0 bridgehead atoms. The van der Waals surface area contributed by atoms with Gasteiger partial charge in [-0.25, -0.2) is 23.4 Å². The Morgan fingerprint density at radius 3 is 2.36 bits per heavy atom. The molecule has 45 heavy (non-hydrogen) atoms. The highest BCUT2D eigenvalue weighted by Crippen LogP contribution is 2.32. The SMILES string of the molecule is Cc1c(NS(=O)(=O)c2ccc(C(C)(C)C)cc2)cccc1-c1nc(Nc2ccc(C(=O)N3CCOCC3)cc2)c2[nH]cnc2n1. The Morgan fingerprint density at radius 1 is 0.956 bits per heavy atom. The summed E-state index contributed by atoms with van der Waals surface area (Å²) in [6.45, 7) is 10.3. The van der Waals surface area contributed by atoms with E-state index in [2.05, 4.69) is 45.8 Å². The molecule has 6 rings (SSSR count). The van der Waals surface area contributed by atoms with Crippen LogP contribution in [0.2, 0.25) is 0 Å². The fraction of sp³-hybridized carbons (Fsp3) is 0.273. The first-order valence-corrected chi connectivity index (χ1v) is 16.2. The molecular weight excluding hydrogens is 590 g/mol. The maximum Gasteiger partial charge on any atom is 0.261 e. The van der Waals surface area contributed by atoms with Crippen molar-refractivity contribution in [3.8, 4) is 11.4 Å². The number of benzene rings is 3. The van der Waals surface area contributed by atoms with E-state index in [0.717, 1.165) is 11.3 Å². The number of amides is 1. The summed E-state index contributed by atoms with van der Waals surface area (Å²) in [7, 11) is -3.84. The molecule has 1 saturated heterocycles. The number of fused-ring (bicyclic) bond motifs is 1. The number of morpholine rings is 1. The van der Waals surface area contributed by atoms with E-state index in [-0.39, 0.29) is 16.2 Å². The summed E-state index contributed by atoms with van der Waals surface area (Å²) in [6, 6.07) is 19.5. The minimum atomic E-state index is -3.84. The molecule has 0 saturated carbocycles. The Balaban J connectivity index is 1.27. The van der Waals surface area contributed by atoms with E-state index >= 15 is 0 Å². The zero-order valence-corrected chi connectivity index (χ0v) is 26.4. The van der Waals surface area contributed by atoms with Gasteiger partial charge in [0, 0.05) is 29.9 Å². The number of imidazole rings is 1. The summed E-state index contributed by atoms with van der Waals surface area (Å²) in [5.41, 5.74) is 5.08. The average Bonchev–Trinajstić information content (AvgIpc) is 3.51. The van der Waals surface area contributed by atoms with Gasteiger partial charge in [0.05, 0.1) is 30.1 Å². The van der Waals surface area contributed by atoms with Crippen LogP contribution >= 0.6 is 0 Å². The highest BCUT2D eigenvalue weighted by atomic mass is 32.2. The maximum absolute atomic E-state index is 13.3. The number of aromatic nitrogens is 4. The molecule has 2 aromatic heterocycles. The molecule has 0 unspecified atom stereocenters. The largest absolute Gasteiger partial charge is 0.378 e. The Kier molecular flexibility index (Phi) is 8.02. The van der Waals surface area contributed by atoms with Crippen LogP contribution in [0.25, 0.3) is 22.6 Å². The number of ether oxygens (including phenoxy) is 1. The molecule has 0 spiro atoms. The van der Waals surface area contributed by atoms with Gasteiger partial charge in [0.2, 0.25) is 0 Å². The number of rotatable bonds is 7. The van der Waals surface area contributed by atoms with E-state index in [9.17, 15) is 13.2 Å². The predicted molar refractivity (Wildman–Crippen MR) is 174 cm³/mol. The molecule has 3 aromatic carbocycles. The lowest BCUT2D eigenvalue weighted by atomic mass is 9.87. The molecule has 0 aliphatic carbocycles. The van der Waals surface area contributed by atoms with Gasteiger partial charge in [-0.2, -0.15) is 0 Å². The molecule has 1 amide bonds. The molecule has 12 heteroatoms. The second-order valence-corrected chi connectivity index (χ2v) is 13.6. The topological polar surface area (TPSA) is 142 Å².